The Kier molecular flexibility index (Phi) is 5.82. The van der Waals surface area contributed by atoms with Crippen LogP contribution in [0.5, 0.6) is 0 Å². The highest BCUT2D eigenvalue weighted by Gasteiger charge is 2.28. The third-order valence-corrected chi connectivity index (χ3v) is 5.05. The highest BCUT2D eigenvalue weighted by molar-refractivity contribution is 6.35. The van der Waals surface area contributed by atoms with E-state index in [4.69, 9.17) is 23.2 Å². The number of nitrogens with zero attached hydrogens (tertiary/aromatic N) is 1. The number of imide groups is 1. The number of carbonyl (C=O) groups is 3. The third kappa shape index (κ3) is 4.49. The Morgan fingerprint density at radius 3 is 2.30 bits per heavy atom. The second-order valence-electron chi connectivity index (χ2n) is 6.43. The largest absolute Gasteiger partial charge is 0.345 e. The van der Waals surface area contributed by atoms with E-state index in [1.165, 1.54) is 4.90 Å². The van der Waals surface area contributed by atoms with Crippen LogP contribution in [0, 0.1) is 0 Å². The molecule has 0 bridgehead atoms. The lowest BCUT2D eigenvalue weighted by atomic mass is 10.1. The zero-order valence-corrected chi connectivity index (χ0v) is 16.2. The van der Waals surface area contributed by atoms with Gasteiger partial charge in [-0.15, -0.1) is 0 Å². The van der Waals surface area contributed by atoms with E-state index in [9.17, 15) is 14.4 Å². The molecule has 0 aliphatic carbocycles. The van der Waals surface area contributed by atoms with Crippen LogP contribution >= 0.6 is 23.2 Å². The molecule has 1 saturated heterocycles. The Bertz CT molecular complexity index is 881. The fourth-order valence-corrected chi connectivity index (χ4v) is 3.53. The smallest absolute Gasteiger partial charge is 0.251 e. The molecule has 5 nitrogen and oxygen atoms in total. The standard InChI is InChI=1S/C20H18Cl2N2O3/c1-12(16-7-6-15(21)10-17(16)22)23-20(27)14-4-2-13(3-5-14)11-24-18(25)8-9-19(24)26/h2-7,10,12H,8-9,11H2,1H3,(H,23,27). The number of halogens is 2. The van der Waals surface area contributed by atoms with Crippen molar-refractivity contribution in [1.29, 1.82) is 0 Å². The van der Waals surface area contributed by atoms with Gasteiger partial charge in [0.25, 0.3) is 5.91 Å². The van der Waals surface area contributed by atoms with Crippen molar-refractivity contribution in [2.45, 2.75) is 32.4 Å². The molecule has 1 N–H and O–H groups in total. The SMILES string of the molecule is CC(NC(=O)c1ccc(CN2C(=O)CCC2=O)cc1)c1ccc(Cl)cc1Cl. The number of hydrogen-bond acceptors (Lipinski definition) is 3. The van der Waals surface area contributed by atoms with Gasteiger partial charge in [-0.3, -0.25) is 19.3 Å². The van der Waals surface area contributed by atoms with Gasteiger partial charge in [0.1, 0.15) is 0 Å². The summed E-state index contributed by atoms with van der Waals surface area (Å²) >= 11 is 12.1. The van der Waals surface area contributed by atoms with E-state index in [0.717, 1.165) is 11.1 Å². The predicted octanol–water partition coefficient (Wildman–Crippen LogP) is 4.13. The highest BCUT2D eigenvalue weighted by atomic mass is 35.5. The van der Waals surface area contributed by atoms with Crippen LogP contribution in [-0.2, 0) is 16.1 Å². The van der Waals surface area contributed by atoms with Gasteiger partial charge in [0.2, 0.25) is 11.8 Å². The molecule has 2 aromatic carbocycles. The average molecular weight is 405 g/mol. The Labute approximate surface area is 167 Å². The number of benzene rings is 2. The number of amides is 3. The molecule has 0 aromatic heterocycles. The lowest BCUT2D eigenvalue weighted by Crippen LogP contribution is -2.28. The maximum absolute atomic E-state index is 12.5. The van der Waals surface area contributed by atoms with Crippen LogP contribution in [0.15, 0.2) is 42.5 Å². The van der Waals surface area contributed by atoms with Gasteiger partial charge < -0.3 is 5.32 Å². The zero-order chi connectivity index (χ0) is 19.6. The molecule has 0 saturated carbocycles. The minimum Gasteiger partial charge on any atom is -0.345 e. The Morgan fingerprint density at radius 2 is 1.70 bits per heavy atom. The van der Waals surface area contributed by atoms with E-state index in [-0.39, 0.29) is 43.1 Å². The van der Waals surface area contributed by atoms with Crippen molar-refractivity contribution in [3.63, 3.8) is 0 Å². The molecule has 27 heavy (non-hydrogen) atoms. The van der Waals surface area contributed by atoms with Gasteiger partial charge in [-0.1, -0.05) is 41.4 Å². The van der Waals surface area contributed by atoms with E-state index in [1.54, 1.807) is 42.5 Å². The molecule has 1 atom stereocenters. The first-order valence-electron chi connectivity index (χ1n) is 8.53. The van der Waals surface area contributed by atoms with Crippen molar-refractivity contribution < 1.29 is 14.4 Å². The van der Waals surface area contributed by atoms with Crippen LogP contribution in [0.2, 0.25) is 10.0 Å². The Hall–Kier alpha value is -2.37. The molecule has 3 rings (SSSR count). The summed E-state index contributed by atoms with van der Waals surface area (Å²) in [5.74, 6) is -0.556. The van der Waals surface area contributed by atoms with Crippen molar-refractivity contribution in [1.82, 2.24) is 10.2 Å². The van der Waals surface area contributed by atoms with Crippen LogP contribution in [0.4, 0.5) is 0 Å². The summed E-state index contributed by atoms with van der Waals surface area (Å²) in [6.07, 6.45) is 0.537. The van der Waals surface area contributed by atoms with Crippen molar-refractivity contribution in [2.24, 2.45) is 0 Å². The molecular weight excluding hydrogens is 387 g/mol. The molecule has 7 heteroatoms. The monoisotopic (exact) mass is 404 g/mol. The van der Waals surface area contributed by atoms with E-state index >= 15 is 0 Å². The third-order valence-electron chi connectivity index (χ3n) is 4.49. The first-order chi connectivity index (χ1) is 12.8. The quantitative estimate of drug-likeness (QED) is 0.761. The number of nitrogens with one attached hydrogen (secondary N) is 1. The molecule has 140 valence electrons. The predicted molar refractivity (Wildman–Crippen MR) is 104 cm³/mol. The van der Waals surface area contributed by atoms with E-state index in [0.29, 0.717) is 15.6 Å². The van der Waals surface area contributed by atoms with Crippen molar-refractivity contribution in [3.05, 3.63) is 69.2 Å². The Morgan fingerprint density at radius 1 is 1.07 bits per heavy atom. The minimum absolute atomic E-state index is 0.157. The van der Waals surface area contributed by atoms with Crippen LogP contribution in [0.3, 0.4) is 0 Å². The molecule has 1 heterocycles. The number of carbonyl (C=O) groups excluding carboxylic acids is 3. The van der Waals surface area contributed by atoms with Crippen LogP contribution in [-0.4, -0.2) is 22.6 Å². The minimum atomic E-state index is -0.290. The van der Waals surface area contributed by atoms with Gasteiger partial charge in [0.15, 0.2) is 0 Å². The number of likely N-dealkylation sites (tertiary alicyclic amines) is 1. The summed E-state index contributed by atoms with van der Waals surface area (Å²) in [4.78, 5) is 37.1. The van der Waals surface area contributed by atoms with Crippen molar-refractivity contribution >= 4 is 40.9 Å². The molecular formula is C20H18Cl2N2O3. The fourth-order valence-electron chi connectivity index (χ4n) is 2.95. The molecule has 1 aliphatic heterocycles. The van der Waals surface area contributed by atoms with E-state index in [1.807, 2.05) is 6.92 Å². The van der Waals surface area contributed by atoms with Gasteiger partial charge in [-0.2, -0.15) is 0 Å². The molecule has 1 aliphatic rings. The second kappa shape index (κ2) is 8.11. The van der Waals surface area contributed by atoms with Gasteiger partial charge in [0, 0.05) is 28.5 Å². The fraction of sp³-hybridized carbons (Fsp3) is 0.250. The van der Waals surface area contributed by atoms with Crippen LogP contribution < -0.4 is 5.32 Å². The van der Waals surface area contributed by atoms with E-state index < -0.39 is 0 Å². The second-order valence-corrected chi connectivity index (χ2v) is 7.28. The molecule has 0 spiro atoms. The summed E-state index contributed by atoms with van der Waals surface area (Å²) < 4.78 is 0. The lowest BCUT2D eigenvalue weighted by molar-refractivity contribution is -0.139. The molecule has 3 amide bonds. The highest BCUT2D eigenvalue weighted by Crippen LogP contribution is 2.26. The molecule has 0 radical (unpaired) electrons. The molecule has 2 aromatic rings. The summed E-state index contributed by atoms with van der Waals surface area (Å²) in [7, 11) is 0. The van der Waals surface area contributed by atoms with Crippen molar-refractivity contribution in [3.8, 4) is 0 Å². The lowest BCUT2D eigenvalue weighted by Gasteiger charge is -2.17. The Balaban J connectivity index is 1.65. The van der Waals surface area contributed by atoms with Crippen LogP contribution in [0.1, 0.15) is 47.3 Å². The van der Waals surface area contributed by atoms with Gasteiger partial charge in [-0.25, -0.2) is 0 Å². The first kappa shape index (κ1) is 19.4. The first-order valence-corrected chi connectivity index (χ1v) is 9.28. The summed E-state index contributed by atoms with van der Waals surface area (Å²) in [5.41, 5.74) is 2.05. The number of rotatable bonds is 5. The van der Waals surface area contributed by atoms with E-state index in [2.05, 4.69) is 5.32 Å². The number of hydrogen-bond donors (Lipinski definition) is 1. The van der Waals surface area contributed by atoms with Crippen molar-refractivity contribution in [2.75, 3.05) is 0 Å². The average Bonchev–Trinajstić information content (AvgIpc) is 2.94. The zero-order valence-electron chi connectivity index (χ0n) is 14.7. The normalized spacial score (nSPS) is 15.1. The summed E-state index contributed by atoms with van der Waals surface area (Å²) in [6, 6.07) is 11.7. The van der Waals surface area contributed by atoms with Gasteiger partial charge >= 0.3 is 0 Å². The summed E-state index contributed by atoms with van der Waals surface area (Å²) in [5, 5.41) is 3.92. The molecule has 1 unspecified atom stereocenters. The van der Waals surface area contributed by atoms with Crippen LogP contribution in [0.25, 0.3) is 0 Å². The maximum Gasteiger partial charge on any atom is 0.251 e. The summed E-state index contributed by atoms with van der Waals surface area (Å²) in [6.45, 7) is 2.07. The van der Waals surface area contributed by atoms with Gasteiger partial charge in [0.05, 0.1) is 12.6 Å². The topological polar surface area (TPSA) is 66.5 Å². The molecule has 1 fully saturated rings. The van der Waals surface area contributed by atoms with Gasteiger partial charge in [-0.05, 0) is 42.3 Å². The maximum atomic E-state index is 12.5.